The number of rotatable bonds is 4. The number of methoxy groups -OCH3 is 2. The molecule has 0 fully saturated rings. The van der Waals surface area contributed by atoms with Crippen LogP contribution < -0.4 is 14.4 Å². The summed E-state index contributed by atoms with van der Waals surface area (Å²) >= 11 is 1.43. The molecule has 0 saturated carbocycles. The Morgan fingerprint density at radius 2 is 1.80 bits per heavy atom. The second-order valence-electron chi connectivity index (χ2n) is 4.24. The third kappa shape index (κ3) is 2.91. The van der Waals surface area contributed by atoms with E-state index in [1.165, 1.54) is 16.2 Å². The Bertz CT molecular complexity index is 602. The number of aromatic nitrogens is 1. The van der Waals surface area contributed by atoms with E-state index >= 15 is 0 Å². The number of ether oxygens (including phenoxy) is 2. The van der Waals surface area contributed by atoms with E-state index in [0.29, 0.717) is 22.2 Å². The van der Waals surface area contributed by atoms with Gasteiger partial charge in [0.1, 0.15) is 11.5 Å². The average Bonchev–Trinajstić information content (AvgIpc) is 2.91. The van der Waals surface area contributed by atoms with Crippen LogP contribution in [0, 0.1) is 6.92 Å². The second-order valence-corrected chi connectivity index (χ2v) is 5.07. The van der Waals surface area contributed by atoms with E-state index in [0.717, 1.165) is 5.69 Å². The second kappa shape index (κ2) is 5.92. The van der Waals surface area contributed by atoms with Crippen LogP contribution in [0.4, 0.5) is 5.13 Å². The smallest absolute Gasteiger partial charge is 0.260 e. The van der Waals surface area contributed by atoms with Crippen molar-refractivity contribution in [2.45, 2.75) is 6.92 Å². The average molecular weight is 292 g/mol. The minimum atomic E-state index is -0.156. The lowest BCUT2D eigenvalue weighted by Gasteiger charge is -2.15. The van der Waals surface area contributed by atoms with Gasteiger partial charge in [-0.15, -0.1) is 11.3 Å². The third-order valence-electron chi connectivity index (χ3n) is 2.80. The first-order valence-electron chi connectivity index (χ1n) is 5.98. The molecule has 2 aromatic rings. The first kappa shape index (κ1) is 14.3. The van der Waals surface area contributed by atoms with E-state index in [4.69, 9.17) is 9.47 Å². The van der Waals surface area contributed by atoms with E-state index in [1.54, 1.807) is 39.5 Å². The van der Waals surface area contributed by atoms with E-state index < -0.39 is 0 Å². The van der Waals surface area contributed by atoms with E-state index in [1.807, 2.05) is 12.3 Å². The van der Waals surface area contributed by atoms with Gasteiger partial charge in [-0.3, -0.25) is 9.69 Å². The van der Waals surface area contributed by atoms with Crippen molar-refractivity contribution >= 4 is 22.4 Å². The van der Waals surface area contributed by atoms with Crippen LogP contribution in [0.25, 0.3) is 0 Å². The van der Waals surface area contributed by atoms with Crippen molar-refractivity contribution in [1.29, 1.82) is 0 Å². The molecule has 20 heavy (non-hydrogen) atoms. The standard InChI is InChI=1S/C14H16N2O3S/c1-9-8-20-14(15-9)16(2)13(17)10-5-11(18-3)7-12(6-10)19-4/h5-8H,1-4H3. The van der Waals surface area contributed by atoms with Gasteiger partial charge in [0.2, 0.25) is 0 Å². The summed E-state index contributed by atoms with van der Waals surface area (Å²) < 4.78 is 10.3. The number of amides is 1. The predicted octanol–water partition coefficient (Wildman–Crippen LogP) is 2.75. The molecule has 5 nitrogen and oxygen atoms in total. The van der Waals surface area contributed by atoms with Crippen molar-refractivity contribution in [2.75, 3.05) is 26.2 Å². The summed E-state index contributed by atoms with van der Waals surface area (Å²) in [6.07, 6.45) is 0. The molecule has 1 aromatic heterocycles. The normalized spacial score (nSPS) is 10.2. The number of nitrogens with zero attached hydrogens (tertiary/aromatic N) is 2. The molecular weight excluding hydrogens is 276 g/mol. The number of aryl methyl sites for hydroxylation is 1. The fourth-order valence-corrected chi connectivity index (χ4v) is 2.47. The number of hydrogen-bond donors (Lipinski definition) is 0. The van der Waals surface area contributed by atoms with E-state index in [9.17, 15) is 4.79 Å². The topological polar surface area (TPSA) is 51.7 Å². The zero-order valence-electron chi connectivity index (χ0n) is 11.8. The number of hydrogen-bond acceptors (Lipinski definition) is 5. The SMILES string of the molecule is COc1cc(OC)cc(C(=O)N(C)c2nc(C)cs2)c1. The quantitative estimate of drug-likeness (QED) is 0.869. The van der Waals surface area contributed by atoms with Crippen LogP contribution in [0.5, 0.6) is 11.5 Å². The first-order chi connectivity index (χ1) is 9.55. The Hall–Kier alpha value is -2.08. The molecule has 0 aliphatic heterocycles. The fraction of sp³-hybridized carbons (Fsp3) is 0.286. The van der Waals surface area contributed by atoms with Gasteiger partial charge in [0.25, 0.3) is 5.91 Å². The molecule has 0 aliphatic carbocycles. The maximum absolute atomic E-state index is 12.5. The summed E-state index contributed by atoms with van der Waals surface area (Å²) in [5.74, 6) is 1.00. The van der Waals surface area contributed by atoms with Gasteiger partial charge in [0.05, 0.1) is 19.9 Å². The highest BCUT2D eigenvalue weighted by Crippen LogP contribution is 2.25. The molecule has 0 bridgehead atoms. The van der Waals surface area contributed by atoms with Crippen LogP contribution >= 0.6 is 11.3 Å². The summed E-state index contributed by atoms with van der Waals surface area (Å²) in [5.41, 5.74) is 1.39. The molecule has 0 atom stereocenters. The van der Waals surface area contributed by atoms with Crippen LogP contribution in [-0.4, -0.2) is 32.2 Å². The fourth-order valence-electron chi connectivity index (χ4n) is 1.71. The van der Waals surface area contributed by atoms with Gasteiger partial charge in [0, 0.05) is 24.1 Å². The predicted molar refractivity (Wildman–Crippen MR) is 79.1 cm³/mol. The first-order valence-corrected chi connectivity index (χ1v) is 6.86. The molecule has 0 aliphatic rings. The molecular formula is C14H16N2O3S. The molecule has 0 saturated heterocycles. The molecule has 1 heterocycles. The van der Waals surface area contributed by atoms with Crippen LogP contribution in [-0.2, 0) is 0 Å². The van der Waals surface area contributed by atoms with Gasteiger partial charge in [-0.1, -0.05) is 0 Å². The lowest BCUT2D eigenvalue weighted by atomic mass is 10.2. The highest BCUT2D eigenvalue weighted by atomic mass is 32.1. The van der Waals surface area contributed by atoms with E-state index in [-0.39, 0.29) is 5.91 Å². The molecule has 0 N–H and O–H groups in total. The number of carbonyl (C=O) groups excluding carboxylic acids is 1. The largest absolute Gasteiger partial charge is 0.497 e. The number of anilines is 1. The Balaban J connectivity index is 2.32. The summed E-state index contributed by atoms with van der Waals surface area (Å²) in [4.78, 5) is 18.3. The number of carbonyl (C=O) groups is 1. The molecule has 106 valence electrons. The molecule has 1 aromatic carbocycles. The van der Waals surface area contributed by atoms with Crippen LogP contribution in [0.1, 0.15) is 16.1 Å². The summed E-state index contributed by atoms with van der Waals surface area (Å²) in [6, 6.07) is 5.09. The van der Waals surface area contributed by atoms with Gasteiger partial charge in [-0.2, -0.15) is 0 Å². The molecule has 2 rings (SSSR count). The van der Waals surface area contributed by atoms with Crippen LogP contribution in [0.15, 0.2) is 23.6 Å². The Morgan fingerprint density at radius 1 is 1.20 bits per heavy atom. The van der Waals surface area contributed by atoms with Crippen molar-refractivity contribution < 1.29 is 14.3 Å². The van der Waals surface area contributed by atoms with Gasteiger partial charge in [-0.25, -0.2) is 4.98 Å². The van der Waals surface area contributed by atoms with Crippen molar-refractivity contribution in [1.82, 2.24) is 4.98 Å². The summed E-state index contributed by atoms with van der Waals surface area (Å²) in [5, 5.41) is 2.57. The van der Waals surface area contributed by atoms with Crippen molar-refractivity contribution in [3.05, 3.63) is 34.8 Å². The molecule has 0 radical (unpaired) electrons. The Kier molecular flexibility index (Phi) is 4.24. The van der Waals surface area contributed by atoms with Crippen molar-refractivity contribution in [2.24, 2.45) is 0 Å². The monoisotopic (exact) mass is 292 g/mol. The van der Waals surface area contributed by atoms with Gasteiger partial charge >= 0.3 is 0 Å². The molecule has 6 heteroatoms. The van der Waals surface area contributed by atoms with Gasteiger partial charge in [-0.05, 0) is 19.1 Å². The number of benzene rings is 1. The lowest BCUT2D eigenvalue weighted by molar-refractivity contribution is 0.0992. The third-order valence-corrected chi connectivity index (χ3v) is 3.83. The van der Waals surface area contributed by atoms with E-state index in [2.05, 4.69) is 4.98 Å². The molecule has 0 spiro atoms. The zero-order valence-corrected chi connectivity index (χ0v) is 12.7. The van der Waals surface area contributed by atoms with Crippen molar-refractivity contribution in [3.63, 3.8) is 0 Å². The summed E-state index contributed by atoms with van der Waals surface area (Å²) in [7, 11) is 4.81. The van der Waals surface area contributed by atoms with Crippen LogP contribution in [0.2, 0.25) is 0 Å². The Labute approximate surface area is 121 Å². The highest BCUT2D eigenvalue weighted by Gasteiger charge is 2.17. The lowest BCUT2D eigenvalue weighted by Crippen LogP contribution is -2.26. The highest BCUT2D eigenvalue weighted by molar-refractivity contribution is 7.14. The van der Waals surface area contributed by atoms with Crippen molar-refractivity contribution in [3.8, 4) is 11.5 Å². The molecule has 0 unspecified atom stereocenters. The van der Waals surface area contributed by atoms with Gasteiger partial charge in [0.15, 0.2) is 5.13 Å². The van der Waals surface area contributed by atoms with Crippen LogP contribution in [0.3, 0.4) is 0 Å². The Morgan fingerprint density at radius 3 is 2.25 bits per heavy atom. The molecule has 1 amide bonds. The maximum atomic E-state index is 12.5. The maximum Gasteiger partial charge on any atom is 0.260 e. The zero-order chi connectivity index (χ0) is 14.7. The minimum absolute atomic E-state index is 0.156. The summed E-state index contributed by atoms with van der Waals surface area (Å²) in [6.45, 7) is 1.90. The number of thiazole rings is 1. The minimum Gasteiger partial charge on any atom is -0.497 e. The van der Waals surface area contributed by atoms with Gasteiger partial charge < -0.3 is 9.47 Å².